The van der Waals surface area contributed by atoms with Crippen LogP contribution >= 0.6 is 27.3 Å². The monoisotopic (exact) mass is 291 g/mol. The predicted octanol–water partition coefficient (Wildman–Crippen LogP) is 3.57. The van der Waals surface area contributed by atoms with Crippen LogP contribution in [0.4, 0.5) is 0 Å². The molecule has 86 valence electrons. The van der Waals surface area contributed by atoms with Crippen molar-refractivity contribution in [3.63, 3.8) is 0 Å². The first-order valence-electron chi connectivity index (χ1n) is 5.11. The number of ether oxygens (including phenoxy) is 1. The van der Waals surface area contributed by atoms with Gasteiger partial charge >= 0.3 is 0 Å². The fraction of sp³-hybridized carbons (Fsp3) is 0.636. The Morgan fingerprint density at radius 3 is 2.53 bits per heavy atom. The van der Waals surface area contributed by atoms with Crippen LogP contribution < -0.4 is 5.73 Å². The first-order valence-corrected chi connectivity index (χ1v) is 6.79. The summed E-state index contributed by atoms with van der Waals surface area (Å²) in [4.78, 5) is 1.19. The van der Waals surface area contributed by atoms with Gasteiger partial charge in [0.05, 0.1) is 0 Å². The van der Waals surface area contributed by atoms with E-state index >= 15 is 0 Å². The van der Waals surface area contributed by atoms with E-state index in [-0.39, 0.29) is 12.1 Å². The maximum absolute atomic E-state index is 5.93. The molecule has 4 heteroatoms. The topological polar surface area (TPSA) is 35.2 Å². The molecule has 1 heterocycles. The highest BCUT2D eigenvalue weighted by molar-refractivity contribution is 9.10. The Morgan fingerprint density at radius 2 is 2.13 bits per heavy atom. The highest BCUT2D eigenvalue weighted by atomic mass is 79.9. The Bertz CT molecular complexity index is 299. The summed E-state index contributed by atoms with van der Waals surface area (Å²) in [5.41, 5.74) is 5.93. The Balaban J connectivity index is 2.66. The van der Waals surface area contributed by atoms with Gasteiger partial charge in [0.2, 0.25) is 0 Å². The maximum atomic E-state index is 5.93. The summed E-state index contributed by atoms with van der Waals surface area (Å²) in [5, 5.41) is 2.06. The van der Waals surface area contributed by atoms with Crippen LogP contribution in [-0.2, 0) is 4.74 Å². The SMILES string of the molecule is CC(C)COC(c1cc(Br)cs1)C(C)N. The highest BCUT2D eigenvalue weighted by Crippen LogP contribution is 2.29. The van der Waals surface area contributed by atoms with E-state index in [9.17, 15) is 0 Å². The average Bonchev–Trinajstić information content (AvgIpc) is 2.51. The zero-order valence-electron chi connectivity index (χ0n) is 9.37. The van der Waals surface area contributed by atoms with Gasteiger partial charge in [-0.1, -0.05) is 13.8 Å². The molecule has 1 aromatic rings. The van der Waals surface area contributed by atoms with Gasteiger partial charge in [-0.15, -0.1) is 11.3 Å². The van der Waals surface area contributed by atoms with Crippen molar-refractivity contribution in [1.29, 1.82) is 0 Å². The molecule has 0 fully saturated rings. The zero-order valence-corrected chi connectivity index (χ0v) is 11.8. The van der Waals surface area contributed by atoms with E-state index < -0.39 is 0 Å². The van der Waals surface area contributed by atoms with Crippen molar-refractivity contribution in [1.82, 2.24) is 0 Å². The average molecular weight is 292 g/mol. The van der Waals surface area contributed by atoms with Crippen molar-refractivity contribution in [2.45, 2.75) is 32.9 Å². The van der Waals surface area contributed by atoms with E-state index in [1.54, 1.807) is 11.3 Å². The van der Waals surface area contributed by atoms with Crippen molar-refractivity contribution in [3.05, 3.63) is 20.8 Å². The van der Waals surface area contributed by atoms with E-state index in [0.29, 0.717) is 5.92 Å². The predicted molar refractivity (Wildman–Crippen MR) is 69.2 cm³/mol. The van der Waals surface area contributed by atoms with Crippen molar-refractivity contribution in [2.24, 2.45) is 11.7 Å². The molecular formula is C11H18BrNOS. The minimum absolute atomic E-state index is 0.0173. The Morgan fingerprint density at radius 1 is 1.47 bits per heavy atom. The van der Waals surface area contributed by atoms with E-state index in [1.165, 1.54) is 4.88 Å². The van der Waals surface area contributed by atoms with Crippen LogP contribution in [0.3, 0.4) is 0 Å². The molecule has 0 aliphatic rings. The molecule has 0 saturated carbocycles. The quantitative estimate of drug-likeness (QED) is 0.900. The number of rotatable bonds is 5. The van der Waals surface area contributed by atoms with Crippen LogP contribution in [0.2, 0.25) is 0 Å². The summed E-state index contributed by atoms with van der Waals surface area (Å²) in [6, 6.07) is 2.10. The largest absolute Gasteiger partial charge is 0.371 e. The van der Waals surface area contributed by atoms with Crippen molar-refractivity contribution >= 4 is 27.3 Å². The fourth-order valence-electron chi connectivity index (χ4n) is 1.27. The number of hydrogen-bond donors (Lipinski definition) is 1. The van der Waals surface area contributed by atoms with E-state index in [4.69, 9.17) is 10.5 Å². The molecule has 0 aliphatic heterocycles. The first-order chi connectivity index (χ1) is 7.00. The Hall–Kier alpha value is 0.1000. The molecule has 0 spiro atoms. The second kappa shape index (κ2) is 5.99. The van der Waals surface area contributed by atoms with Gasteiger partial charge in [-0.05, 0) is 34.8 Å². The number of thiophene rings is 1. The van der Waals surface area contributed by atoms with E-state index in [0.717, 1.165) is 11.1 Å². The molecule has 0 saturated heterocycles. The molecule has 2 nitrogen and oxygen atoms in total. The lowest BCUT2D eigenvalue weighted by Gasteiger charge is -2.21. The molecule has 2 atom stereocenters. The number of nitrogens with two attached hydrogens (primary N) is 1. The normalized spacial score (nSPS) is 15.6. The van der Waals surface area contributed by atoms with Crippen molar-refractivity contribution in [2.75, 3.05) is 6.61 Å². The molecule has 0 bridgehead atoms. The van der Waals surface area contributed by atoms with Gasteiger partial charge in [0.25, 0.3) is 0 Å². The Kier molecular flexibility index (Phi) is 5.26. The molecule has 0 aliphatic carbocycles. The molecule has 2 N–H and O–H groups in total. The molecule has 0 aromatic carbocycles. The molecular weight excluding hydrogens is 274 g/mol. The molecule has 0 radical (unpaired) electrons. The molecule has 0 amide bonds. The van der Waals surface area contributed by atoms with Crippen molar-refractivity contribution in [3.8, 4) is 0 Å². The standard InChI is InChI=1S/C11H18BrNOS/c1-7(2)5-14-11(8(3)13)10-4-9(12)6-15-10/h4,6-8,11H,5,13H2,1-3H3. The number of hydrogen-bond acceptors (Lipinski definition) is 3. The van der Waals surface area contributed by atoms with Crippen LogP contribution in [-0.4, -0.2) is 12.6 Å². The summed E-state index contributed by atoms with van der Waals surface area (Å²) >= 11 is 5.13. The van der Waals surface area contributed by atoms with Gasteiger partial charge in [-0.2, -0.15) is 0 Å². The third kappa shape index (κ3) is 4.23. The molecule has 15 heavy (non-hydrogen) atoms. The highest BCUT2D eigenvalue weighted by Gasteiger charge is 2.19. The molecule has 1 rings (SSSR count). The maximum Gasteiger partial charge on any atom is 0.106 e. The van der Waals surface area contributed by atoms with Gasteiger partial charge in [-0.3, -0.25) is 0 Å². The molecule has 2 unspecified atom stereocenters. The van der Waals surface area contributed by atoms with E-state index in [2.05, 4.69) is 41.2 Å². The zero-order chi connectivity index (χ0) is 11.4. The van der Waals surface area contributed by atoms with Crippen LogP contribution in [0.5, 0.6) is 0 Å². The Labute approximate surface area is 104 Å². The smallest absolute Gasteiger partial charge is 0.106 e. The third-order valence-electron chi connectivity index (χ3n) is 1.95. The van der Waals surface area contributed by atoms with E-state index in [1.807, 2.05) is 6.92 Å². The first kappa shape index (κ1) is 13.2. The number of halogens is 1. The third-order valence-corrected chi connectivity index (χ3v) is 3.71. The van der Waals surface area contributed by atoms with Crippen LogP contribution in [0.1, 0.15) is 31.8 Å². The lowest BCUT2D eigenvalue weighted by molar-refractivity contribution is 0.0243. The van der Waals surface area contributed by atoms with Gasteiger partial charge < -0.3 is 10.5 Å². The summed E-state index contributed by atoms with van der Waals surface area (Å²) < 4.78 is 6.93. The fourth-order valence-corrected chi connectivity index (χ4v) is 2.87. The molecule has 1 aromatic heterocycles. The summed E-state index contributed by atoms with van der Waals surface area (Å²) in [7, 11) is 0. The van der Waals surface area contributed by atoms with Crippen molar-refractivity contribution < 1.29 is 4.74 Å². The van der Waals surface area contributed by atoms with Crippen LogP contribution in [0.25, 0.3) is 0 Å². The summed E-state index contributed by atoms with van der Waals surface area (Å²) in [5.74, 6) is 0.537. The lowest BCUT2D eigenvalue weighted by Crippen LogP contribution is -2.27. The minimum atomic E-state index is 0.0173. The van der Waals surface area contributed by atoms with Gasteiger partial charge in [-0.25, -0.2) is 0 Å². The van der Waals surface area contributed by atoms with Gasteiger partial charge in [0.1, 0.15) is 6.10 Å². The van der Waals surface area contributed by atoms with Crippen LogP contribution in [0, 0.1) is 5.92 Å². The summed E-state index contributed by atoms with van der Waals surface area (Å²) in [6.07, 6.45) is 0.0173. The van der Waals surface area contributed by atoms with Crippen LogP contribution in [0.15, 0.2) is 15.9 Å². The van der Waals surface area contributed by atoms with Gasteiger partial charge in [0, 0.05) is 27.4 Å². The second-order valence-corrected chi connectivity index (χ2v) is 6.03. The summed E-state index contributed by atoms with van der Waals surface area (Å²) in [6.45, 7) is 7.02. The lowest BCUT2D eigenvalue weighted by atomic mass is 10.1. The minimum Gasteiger partial charge on any atom is -0.371 e. The second-order valence-electron chi connectivity index (χ2n) is 4.17. The van der Waals surface area contributed by atoms with Gasteiger partial charge in [0.15, 0.2) is 0 Å².